The Labute approximate surface area is 108 Å². The summed E-state index contributed by atoms with van der Waals surface area (Å²) in [6, 6.07) is 17.7. The maximum Gasteiger partial charge on any atom is 0.288 e. The molecule has 17 heavy (non-hydrogen) atoms. The van der Waals surface area contributed by atoms with E-state index >= 15 is 0 Å². The lowest BCUT2D eigenvalue weighted by Crippen LogP contribution is -2.37. The van der Waals surface area contributed by atoms with Crippen molar-refractivity contribution >= 4 is 15.9 Å². The maximum absolute atomic E-state index is 5.96. The maximum atomic E-state index is 5.96. The van der Waals surface area contributed by atoms with E-state index in [1.807, 2.05) is 54.6 Å². The zero-order valence-electron chi connectivity index (χ0n) is 9.10. The number of fused-ring (bicyclic) bond motifs is 1. The highest BCUT2D eigenvalue weighted by Crippen LogP contribution is 2.44. The lowest BCUT2D eigenvalue weighted by atomic mass is 10.1. The van der Waals surface area contributed by atoms with Crippen LogP contribution in [0.25, 0.3) is 0 Å². The van der Waals surface area contributed by atoms with Crippen molar-refractivity contribution in [3.63, 3.8) is 0 Å². The molecule has 0 spiro atoms. The third-order valence-corrected chi connectivity index (χ3v) is 3.53. The molecular weight excluding hydrogens is 280 g/mol. The van der Waals surface area contributed by atoms with Crippen LogP contribution < -0.4 is 9.47 Å². The van der Waals surface area contributed by atoms with E-state index in [0.29, 0.717) is 5.33 Å². The van der Waals surface area contributed by atoms with E-state index in [1.165, 1.54) is 0 Å². The van der Waals surface area contributed by atoms with E-state index in [0.717, 1.165) is 17.1 Å². The Balaban J connectivity index is 2.03. The fraction of sp³-hybridized carbons (Fsp3) is 0.143. The summed E-state index contributed by atoms with van der Waals surface area (Å²) in [5, 5.41) is 0.582. The van der Waals surface area contributed by atoms with Crippen LogP contribution in [0.5, 0.6) is 11.5 Å². The van der Waals surface area contributed by atoms with Crippen LogP contribution in [0.1, 0.15) is 5.56 Å². The largest absolute Gasteiger partial charge is 0.443 e. The molecule has 0 aromatic heterocycles. The molecule has 2 aromatic carbocycles. The first-order valence-electron chi connectivity index (χ1n) is 5.43. The Morgan fingerprint density at radius 2 is 1.35 bits per heavy atom. The SMILES string of the molecule is BrCC1(c2ccccc2)Oc2ccccc2O1. The number of hydrogen-bond donors (Lipinski definition) is 0. The molecule has 1 aliphatic rings. The van der Waals surface area contributed by atoms with Crippen molar-refractivity contribution in [1.82, 2.24) is 0 Å². The number of rotatable bonds is 2. The minimum Gasteiger partial charge on any atom is -0.443 e. The van der Waals surface area contributed by atoms with Gasteiger partial charge in [0.25, 0.3) is 5.79 Å². The minimum atomic E-state index is -0.745. The smallest absolute Gasteiger partial charge is 0.288 e. The van der Waals surface area contributed by atoms with E-state index in [4.69, 9.17) is 9.47 Å². The van der Waals surface area contributed by atoms with Gasteiger partial charge < -0.3 is 9.47 Å². The quantitative estimate of drug-likeness (QED) is 0.785. The van der Waals surface area contributed by atoms with Crippen LogP contribution in [0.2, 0.25) is 0 Å². The van der Waals surface area contributed by atoms with E-state index < -0.39 is 5.79 Å². The van der Waals surface area contributed by atoms with Gasteiger partial charge in [0.2, 0.25) is 0 Å². The van der Waals surface area contributed by atoms with Crippen molar-refractivity contribution in [3.8, 4) is 11.5 Å². The Hall–Kier alpha value is -1.48. The number of benzene rings is 2. The molecule has 0 unspecified atom stereocenters. The molecule has 1 aliphatic heterocycles. The lowest BCUT2D eigenvalue weighted by Gasteiger charge is -2.25. The number of alkyl halides is 1. The van der Waals surface area contributed by atoms with Crippen LogP contribution in [0.3, 0.4) is 0 Å². The number of ether oxygens (including phenoxy) is 2. The highest BCUT2D eigenvalue weighted by Gasteiger charge is 2.42. The molecule has 3 heteroatoms. The van der Waals surface area contributed by atoms with Crippen LogP contribution in [-0.2, 0) is 5.79 Å². The number of hydrogen-bond acceptors (Lipinski definition) is 2. The summed E-state index contributed by atoms with van der Waals surface area (Å²) < 4.78 is 11.9. The standard InChI is InChI=1S/C14H11BrO2/c15-10-14(11-6-2-1-3-7-11)16-12-8-4-5-9-13(12)17-14/h1-9H,10H2. The summed E-state index contributed by atoms with van der Waals surface area (Å²) in [7, 11) is 0. The highest BCUT2D eigenvalue weighted by molar-refractivity contribution is 9.09. The molecule has 1 heterocycles. The van der Waals surface area contributed by atoms with E-state index in [9.17, 15) is 0 Å². The molecule has 0 saturated carbocycles. The minimum absolute atomic E-state index is 0.582. The van der Waals surface area contributed by atoms with Crippen LogP contribution in [0.15, 0.2) is 54.6 Å². The summed E-state index contributed by atoms with van der Waals surface area (Å²) in [6.07, 6.45) is 0. The second-order valence-electron chi connectivity index (χ2n) is 3.90. The van der Waals surface area contributed by atoms with Gasteiger partial charge in [-0.15, -0.1) is 0 Å². The monoisotopic (exact) mass is 290 g/mol. The summed E-state index contributed by atoms with van der Waals surface area (Å²) in [4.78, 5) is 0. The molecule has 2 aromatic rings. The molecule has 0 radical (unpaired) electrons. The Morgan fingerprint density at radius 3 is 1.88 bits per heavy atom. The predicted molar refractivity (Wildman–Crippen MR) is 69.6 cm³/mol. The van der Waals surface area contributed by atoms with E-state index in [2.05, 4.69) is 15.9 Å². The molecule has 0 N–H and O–H groups in total. The van der Waals surface area contributed by atoms with Gasteiger partial charge in [0.15, 0.2) is 11.5 Å². The van der Waals surface area contributed by atoms with Gasteiger partial charge in [0, 0.05) is 5.56 Å². The summed E-state index contributed by atoms with van der Waals surface area (Å²) >= 11 is 3.48. The third kappa shape index (κ3) is 1.71. The van der Waals surface area contributed by atoms with Gasteiger partial charge in [-0.2, -0.15) is 0 Å². The topological polar surface area (TPSA) is 18.5 Å². The fourth-order valence-electron chi connectivity index (χ4n) is 1.94. The molecular formula is C14H11BrO2. The first kappa shape index (κ1) is 10.7. The van der Waals surface area contributed by atoms with Gasteiger partial charge in [-0.1, -0.05) is 58.4 Å². The lowest BCUT2D eigenvalue weighted by molar-refractivity contribution is -0.0619. The number of halogens is 1. The molecule has 0 atom stereocenters. The van der Waals surface area contributed by atoms with Gasteiger partial charge in [-0.25, -0.2) is 0 Å². The summed E-state index contributed by atoms with van der Waals surface area (Å²) in [5.74, 6) is 0.830. The van der Waals surface area contributed by atoms with Crippen molar-refractivity contribution < 1.29 is 9.47 Å². The van der Waals surface area contributed by atoms with Crippen molar-refractivity contribution in [2.24, 2.45) is 0 Å². The van der Waals surface area contributed by atoms with Crippen LogP contribution in [-0.4, -0.2) is 5.33 Å². The third-order valence-electron chi connectivity index (χ3n) is 2.79. The van der Waals surface area contributed by atoms with Gasteiger partial charge >= 0.3 is 0 Å². The van der Waals surface area contributed by atoms with Crippen molar-refractivity contribution in [1.29, 1.82) is 0 Å². The second-order valence-corrected chi connectivity index (χ2v) is 4.46. The second kappa shape index (κ2) is 4.08. The van der Waals surface area contributed by atoms with Gasteiger partial charge in [0.1, 0.15) is 0 Å². The molecule has 0 bridgehead atoms. The van der Waals surface area contributed by atoms with Crippen molar-refractivity contribution in [3.05, 3.63) is 60.2 Å². The zero-order chi connectivity index (χ0) is 11.7. The number of para-hydroxylation sites is 2. The molecule has 3 rings (SSSR count). The van der Waals surface area contributed by atoms with Crippen molar-refractivity contribution in [2.75, 3.05) is 5.33 Å². The Kier molecular flexibility index (Phi) is 2.56. The van der Waals surface area contributed by atoms with E-state index in [-0.39, 0.29) is 0 Å². The summed E-state index contributed by atoms with van der Waals surface area (Å²) in [5.41, 5.74) is 1.01. The zero-order valence-corrected chi connectivity index (χ0v) is 10.7. The Morgan fingerprint density at radius 1 is 0.824 bits per heavy atom. The molecule has 0 fully saturated rings. The van der Waals surface area contributed by atoms with Crippen LogP contribution in [0, 0.1) is 0 Å². The fourth-order valence-corrected chi connectivity index (χ4v) is 2.49. The van der Waals surface area contributed by atoms with Gasteiger partial charge in [-0.3, -0.25) is 0 Å². The predicted octanol–water partition coefficient (Wildman–Crippen LogP) is 3.71. The first-order chi connectivity index (χ1) is 8.34. The first-order valence-corrected chi connectivity index (χ1v) is 6.55. The molecule has 2 nitrogen and oxygen atoms in total. The molecule has 0 saturated heterocycles. The average molecular weight is 291 g/mol. The molecule has 0 aliphatic carbocycles. The van der Waals surface area contributed by atoms with Gasteiger partial charge in [0.05, 0.1) is 5.33 Å². The van der Waals surface area contributed by atoms with Gasteiger partial charge in [-0.05, 0) is 12.1 Å². The molecule has 86 valence electrons. The molecule has 0 amide bonds. The van der Waals surface area contributed by atoms with Crippen molar-refractivity contribution in [2.45, 2.75) is 5.79 Å². The Bertz CT molecular complexity index is 500. The van der Waals surface area contributed by atoms with E-state index in [1.54, 1.807) is 0 Å². The van der Waals surface area contributed by atoms with Crippen LogP contribution in [0.4, 0.5) is 0 Å². The highest BCUT2D eigenvalue weighted by atomic mass is 79.9. The van der Waals surface area contributed by atoms with Crippen LogP contribution >= 0.6 is 15.9 Å². The average Bonchev–Trinajstić information content (AvgIpc) is 2.79. The normalized spacial score (nSPS) is 15.8. The summed E-state index contributed by atoms with van der Waals surface area (Å²) in [6.45, 7) is 0.